The number of carbonyl (C=O) groups is 1. The van der Waals surface area contributed by atoms with E-state index in [0.717, 1.165) is 12.1 Å². The first kappa shape index (κ1) is 14.8. The third-order valence-corrected chi connectivity index (χ3v) is 3.26. The molecule has 0 aliphatic rings. The molecule has 118 valence electrons. The number of nitrogen functional groups attached to an aromatic ring is 1. The van der Waals surface area contributed by atoms with Crippen molar-refractivity contribution < 1.29 is 18.0 Å². The van der Waals surface area contributed by atoms with Crippen LogP contribution >= 0.6 is 0 Å². The average molecular weight is 318 g/mol. The lowest BCUT2D eigenvalue weighted by molar-refractivity contribution is 0.0959. The summed E-state index contributed by atoms with van der Waals surface area (Å²) >= 11 is 0. The molecule has 4 N–H and O–H groups in total. The molecule has 1 aromatic carbocycles. The molecule has 0 bridgehead atoms. The number of aromatic nitrogens is 1. The number of nitrogens with two attached hydrogens (primary N) is 1. The van der Waals surface area contributed by atoms with Crippen LogP contribution in [0.2, 0.25) is 0 Å². The van der Waals surface area contributed by atoms with E-state index in [1.807, 2.05) is 0 Å². The van der Waals surface area contributed by atoms with E-state index < -0.39 is 17.5 Å². The van der Waals surface area contributed by atoms with Crippen molar-refractivity contribution in [1.29, 1.82) is 0 Å². The Labute approximate surface area is 129 Å². The highest BCUT2D eigenvalue weighted by Crippen LogP contribution is 2.36. The molecule has 0 atom stereocenters. The van der Waals surface area contributed by atoms with Crippen LogP contribution in [0.5, 0.6) is 0 Å². The highest BCUT2D eigenvalue weighted by molar-refractivity contribution is 6.08. The standard InChI is InChI=1S/C15H12F2N4O2/c1-19-15(22)12-13-8(4-5-20-12)11(14(18)23-13)21-7-2-3-9(16)10(17)6-7/h2-6,21H,18H2,1H3,(H,19,22). The van der Waals surface area contributed by atoms with E-state index in [4.69, 9.17) is 10.2 Å². The lowest BCUT2D eigenvalue weighted by Crippen LogP contribution is -2.19. The Balaban J connectivity index is 2.09. The quantitative estimate of drug-likeness (QED) is 0.690. The summed E-state index contributed by atoms with van der Waals surface area (Å²) in [5, 5.41) is 5.81. The second-order valence-corrected chi connectivity index (χ2v) is 4.71. The molecule has 8 heteroatoms. The average Bonchev–Trinajstić information content (AvgIpc) is 2.86. The molecule has 2 aromatic heterocycles. The molecule has 2 heterocycles. The van der Waals surface area contributed by atoms with Gasteiger partial charge < -0.3 is 20.8 Å². The maximum Gasteiger partial charge on any atom is 0.273 e. The molecule has 0 radical (unpaired) electrons. The summed E-state index contributed by atoms with van der Waals surface area (Å²) in [6.45, 7) is 0. The highest BCUT2D eigenvalue weighted by atomic mass is 19.2. The second-order valence-electron chi connectivity index (χ2n) is 4.71. The summed E-state index contributed by atoms with van der Waals surface area (Å²) < 4.78 is 31.7. The van der Waals surface area contributed by atoms with Gasteiger partial charge in [-0.25, -0.2) is 13.8 Å². The number of amides is 1. The number of nitrogens with one attached hydrogen (secondary N) is 2. The van der Waals surface area contributed by atoms with Gasteiger partial charge in [-0.3, -0.25) is 4.79 Å². The van der Waals surface area contributed by atoms with Gasteiger partial charge in [0, 0.05) is 25.0 Å². The number of anilines is 3. The number of rotatable bonds is 3. The third-order valence-electron chi connectivity index (χ3n) is 3.26. The molecular formula is C15H12F2N4O2. The van der Waals surface area contributed by atoms with Crippen molar-refractivity contribution in [3.63, 3.8) is 0 Å². The Bertz CT molecular complexity index is 908. The smallest absolute Gasteiger partial charge is 0.273 e. The van der Waals surface area contributed by atoms with Gasteiger partial charge in [-0.15, -0.1) is 0 Å². The van der Waals surface area contributed by atoms with Crippen molar-refractivity contribution in [2.45, 2.75) is 0 Å². The first-order valence-corrected chi connectivity index (χ1v) is 6.62. The van der Waals surface area contributed by atoms with Gasteiger partial charge in [0.25, 0.3) is 5.91 Å². The van der Waals surface area contributed by atoms with Crippen LogP contribution in [-0.4, -0.2) is 17.9 Å². The fourth-order valence-electron chi connectivity index (χ4n) is 2.17. The number of carbonyl (C=O) groups excluding carboxylic acids is 1. The Morgan fingerprint density at radius 2 is 2.04 bits per heavy atom. The molecule has 0 aliphatic heterocycles. The molecule has 0 saturated heterocycles. The monoisotopic (exact) mass is 318 g/mol. The lowest BCUT2D eigenvalue weighted by atomic mass is 10.2. The van der Waals surface area contributed by atoms with Crippen molar-refractivity contribution in [1.82, 2.24) is 10.3 Å². The number of hydrogen-bond acceptors (Lipinski definition) is 5. The molecule has 6 nitrogen and oxygen atoms in total. The molecule has 1 amide bonds. The van der Waals surface area contributed by atoms with Crippen LogP contribution in [0.3, 0.4) is 0 Å². The fourth-order valence-corrected chi connectivity index (χ4v) is 2.17. The van der Waals surface area contributed by atoms with E-state index in [1.54, 1.807) is 6.07 Å². The molecule has 0 aliphatic carbocycles. The lowest BCUT2D eigenvalue weighted by Gasteiger charge is -2.06. The van der Waals surface area contributed by atoms with Gasteiger partial charge in [0.1, 0.15) is 5.69 Å². The maximum atomic E-state index is 13.3. The van der Waals surface area contributed by atoms with Crippen molar-refractivity contribution >= 4 is 34.1 Å². The number of furan rings is 1. The number of nitrogens with zero attached hydrogens (tertiary/aromatic N) is 1. The van der Waals surface area contributed by atoms with Gasteiger partial charge in [0.15, 0.2) is 22.9 Å². The van der Waals surface area contributed by atoms with Crippen molar-refractivity contribution in [3.8, 4) is 0 Å². The van der Waals surface area contributed by atoms with Gasteiger partial charge in [-0.2, -0.15) is 0 Å². The summed E-state index contributed by atoms with van der Waals surface area (Å²) in [7, 11) is 1.47. The van der Waals surface area contributed by atoms with Crippen LogP contribution < -0.4 is 16.4 Å². The summed E-state index contributed by atoms with van der Waals surface area (Å²) in [6.07, 6.45) is 1.43. The van der Waals surface area contributed by atoms with E-state index in [2.05, 4.69) is 15.6 Å². The molecule has 23 heavy (non-hydrogen) atoms. The highest BCUT2D eigenvalue weighted by Gasteiger charge is 2.19. The minimum absolute atomic E-state index is 0.00267. The Morgan fingerprint density at radius 3 is 2.74 bits per heavy atom. The topological polar surface area (TPSA) is 93.2 Å². The molecule has 3 rings (SSSR count). The summed E-state index contributed by atoms with van der Waals surface area (Å²) in [4.78, 5) is 15.8. The van der Waals surface area contributed by atoms with Gasteiger partial charge in [-0.05, 0) is 18.2 Å². The van der Waals surface area contributed by atoms with Crippen LogP contribution in [0.4, 0.5) is 26.0 Å². The first-order valence-electron chi connectivity index (χ1n) is 6.62. The van der Waals surface area contributed by atoms with Crippen LogP contribution in [0, 0.1) is 11.6 Å². The molecule has 0 saturated carbocycles. The van der Waals surface area contributed by atoms with Crippen molar-refractivity contribution in [3.05, 3.63) is 47.8 Å². The number of fused-ring (bicyclic) bond motifs is 1. The zero-order valence-electron chi connectivity index (χ0n) is 12.0. The van der Waals surface area contributed by atoms with Crippen molar-refractivity contribution in [2.75, 3.05) is 18.1 Å². The molecule has 3 aromatic rings. The zero-order chi connectivity index (χ0) is 16.6. The summed E-state index contributed by atoms with van der Waals surface area (Å²) in [5.74, 6) is -2.37. The van der Waals surface area contributed by atoms with E-state index in [1.165, 1.54) is 19.3 Å². The van der Waals surface area contributed by atoms with Gasteiger partial charge >= 0.3 is 0 Å². The maximum absolute atomic E-state index is 13.3. The molecule has 0 unspecified atom stereocenters. The normalized spacial score (nSPS) is 10.7. The van der Waals surface area contributed by atoms with Gasteiger partial charge in [-0.1, -0.05) is 0 Å². The number of pyridine rings is 1. The SMILES string of the molecule is CNC(=O)c1nccc2c(Nc3ccc(F)c(F)c3)c(N)oc12. The van der Waals surface area contributed by atoms with Crippen LogP contribution in [-0.2, 0) is 0 Å². The largest absolute Gasteiger partial charge is 0.436 e. The van der Waals surface area contributed by atoms with Gasteiger partial charge in [0.2, 0.25) is 5.88 Å². The second kappa shape index (κ2) is 5.56. The minimum Gasteiger partial charge on any atom is -0.436 e. The minimum atomic E-state index is -0.992. The van der Waals surface area contributed by atoms with E-state index in [0.29, 0.717) is 11.1 Å². The summed E-state index contributed by atoms with van der Waals surface area (Å²) in [5.41, 5.74) is 6.74. The first-order chi connectivity index (χ1) is 11.0. The number of halogens is 2. The number of benzene rings is 1. The van der Waals surface area contributed by atoms with Crippen LogP contribution in [0.15, 0.2) is 34.9 Å². The fraction of sp³-hybridized carbons (Fsp3) is 0.0667. The van der Waals surface area contributed by atoms with E-state index in [-0.39, 0.29) is 22.8 Å². The van der Waals surface area contributed by atoms with E-state index >= 15 is 0 Å². The molecule has 0 fully saturated rings. The Morgan fingerprint density at radius 1 is 1.26 bits per heavy atom. The summed E-state index contributed by atoms with van der Waals surface area (Å²) in [6, 6.07) is 4.95. The van der Waals surface area contributed by atoms with E-state index in [9.17, 15) is 13.6 Å². The Kier molecular flexibility index (Phi) is 3.57. The zero-order valence-corrected chi connectivity index (χ0v) is 12.0. The van der Waals surface area contributed by atoms with Crippen LogP contribution in [0.25, 0.3) is 11.0 Å². The predicted molar refractivity (Wildman–Crippen MR) is 81.5 cm³/mol. The molecular weight excluding hydrogens is 306 g/mol. The van der Waals surface area contributed by atoms with Crippen LogP contribution in [0.1, 0.15) is 10.5 Å². The number of hydrogen-bond donors (Lipinski definition) is 3. The Hall–Kier alpha value is -3.16. The third kappa shape index (κ3) is 2.54. The van der Waals surface area contributed by atoms with Gasteiger partial charge in [0.05, 0.1) is 5.39 Å². The predicted octanol–water partition coefficient (Wildman–Crippen LogP) is 2.79. The van der Waals surface area contributed by atoms with Crippen molar-refractivity contribution in [2.24, 2.45) is 0 Å². The molecule has 0 spiro atoms.